The van der Waals surface area contributed by atoms with E-state index in [9.17, 15) is 9.59 Å². The van der Waals surface area contributed by atoms with Crippen molar-refractivity contribution in [1.29, 1.82) is 0 Å². The molecule has 2 fully saturated rings. The topological polar surface area (TPSA) is 66.4 Å². The van der Waals surface area contributed by atoms with Gasteiger partial charge in [-0.2, -0.15) is 0 Å². The molecule has 2 amide bonds. The van der Waals surface area contributed by atoms with Gasteiger partial charge in [0, 0.05) is 38.3 Å². The third-order valence-corrected chi connectivity index (χ3v) is 5.88. The van der Waals surface area contributed by atoms with E-state index in [2.05, 4.69) is 21.8 Å². The summed E-state index contributed by atoms with van der Waals surface area (Å²) >= 11 is 0. The first-order valence-corrected chi connectivity index (χ1v) is 9.46. The minimum atomic E-state index is -0.148. The normalized spacial score (nSPS) is 26.5. The first-order valence-electron chi connectivity index (χ1n) is 9.46. The molecule has 0 N–H and O–H groups in total. The van der Waals surface area contributed by atoms with E-state index in [0.717, 1.165) is 44.3 Å². The number of likely N-dealkylation sites (N-methyl/N-ethyl adjacent to an activating group) is 1. The van der Waals surface area contributed by atoms with Gasteiger partial charge in [0.05, 0.1) is 11.6 Å². The molecular formula is C19H28N4O2. The maximum Gasteiger partial charge on any atom is 0.223 e. The Labute approximate surface area is 149 Å². The molecule has 1 spiro atoms. The van der Waals surface area contributed by atoms with Gasteiger partial charge in [0.25, 0.3) is 0 Å². The number of aryl methyl sites for hydroxylation is 1. The van der Waals surface area contributed by atoms with Crippen molar-refractivity contribution in [2.24, 2.45) is 0 Å². The second kappa shape index (κ2) is 7.50. The zero-order valence-corrected chi connectivity index (χ0v) is 15.3. The molecule has 25 heavy (non-hydrogen) atoms. The second-order valence-electron chi connectivity index (χ2n) is 7.10. The molecule has 2 aliphatic rings. The van der Waals surface area contributed by atoms with Crippen LogP contribution in [0.4, 0.5) is 0 Å². The van der Waals surface area contributed by atoms with Gasteiger partial charge in [0.15, 0.2) is 0 Å². The Morgan fingerprint density at radius 2 is 2.04 bits per heavy atom. The van der Waals surface area contributed by atoms with Crippen molar-refractivity contribution in [2.45, 2.75) is 70.4 Å². The SMILES string of the molecule is CC[C@@H]1N(C(=O)CCc2cncnc2)CCC[C@]12CCC(=O)N2CC. The van der Waals surface area contributed by atoms with Crippen LogP contribution in [0.3, 0.4) is 0 Å². The minimum absolute atomic E-state index is 0.132. The van der Waals surface area contributed by atoms with Crippen LogP contribution in [-0.4, -0.2) is 56.3 Å². The van der Waals surface area contributed by atoms with Gasteiger partial charge in [-0.25, -0.2) is 9.97 Å². The van der Waals surface area contributed by atoms with Crippen molar-refractivity contribution in [3.63, 3.8) is 0 Å². The summed E-state index contributed by atoms with van der Waals surface area (Å²) in [6, 6.07) is 0.132. The highest BCUT2D eigenvalue weighted by Crippen LogP contribution is 2.43. The molecule has 6 heteroatoms. The summed E-state index contributed by atoms with van der Waals surface area (Å²) in [7, 11) is 0. The number of aromatic nitrogens is 2. The average molecular weight is 344 g/mol. The highest BCUT2D eigenvalue weighted by Gasteiger charge is 2.53. The predicted octanol–water partition coefficient (Wildman–Crippen LogP) is 2.19. The van der Waals surface area contributed by atoms with Gasteiger partial charge in [-0.05, 0) is 44.6 Å². The zero-order chi connectivity index (χ0) is 17.9. The highest BCUT2D eigenvalue weighted by molar-refractivity contribution is 5.81. The van der Waals surface area contributed by atoms with Crippen molar-refractivity contribution >= 4 is 11.8 Å². The minimum Gasteiger partial charge on any atom is -0.337 e. The lowest BCUT2D eigenvalue weighted by atomic mass is 9.77. The molecule has 136 valence electrons. The number of likely N-dealkylation sites (tertiary alicyclic amines) is 2. The molecule has 2 atom stereocenters. The first kappa shape index (κ1) is 17.8. The number of rotatable bonds is 5. The number of piperidine rings is 1. The Morgan fingerprint density at radius 3 is 2.72 bits per heavy atom. The molecule has 0 unspecified atom stereocenters. The molecule has 6 nitrogen and oxygen atoms in total. The third-order valence-electron chi connectivity index (χ3n) is 5.88. The fourth-order valence-corrected chi connectivity index (χ4v) is 4.86. The van der Waals surface area contributed by atoms with Gasteiger partial charge in [-0.3, -0.25) is 9.59 Å². The second-order valence-corrected chi connectivity index (χ2v) is 7.10. The van der Waals surface area contributed by atoms with Gasteiger partial charge in [0.2, 0.25) is 11.8 Å². The van der Waals surface area contributed by atoms with Gasteiger partial charge in [-0.15, -0.1) is 0 Å². The summed E-state index contributed by atoms with van der Waals surface area (Å²) in [6.45, 7) is 5.72. The summed E-state index contributed by atoms with van der Waals surface area (Å²) < 4.78 is 0. The molecule has 2 aliphatic heterocycles. The van der Waals surface area contributed by atoms with Crippen LogP contribution >= 0.6 is 0 Å². The van der Waals surface area contributed by atoms with E-state index in [1.165, 1.54) is 6.33 Å². The van der Waals surface area contributed by atoms with Crippen molar-refractivity contribution < 1.29 is 9.59 Å². The molecule has 0 aliphatic carbocycles. The first-order chi connectivity index (χ1) is 12.1. The standard InChI is InChI=1S/C19H28N4O2/c1-3-16-19(10-8-18(25)23(19)4-2)9-5-11-22(16)17(24)7-6-15-12-20-14-21-13-15/h12-14,16H,3-11H2,1-2H3/t16-,19-/m0/s1. The van der Waals surface area contributed by atoms with Crippen LogP contribution in [0.2, 0.25) is 0 Å². The molecule has 3 heterocycles. The van der Waals surface area contributed by atoms with Crippen LogP contribution in [0.25, 0.3) is 0 Å². The molecule has 1 aromatic heterocycles. The molecule has 0 radical (unpaired) electrons. The van der Waals surface area contributed by atoms with Crippen LogP contribution in [0.1, 0.15) is 57.9 Å². The lowest BCUT2D eigenvalue weighted by Gasteiger charge is -2.52. The van der Waals surface area contributed by atoms with E-state index in [1.807, 2.05) is 11.8 Å². The van der Waals surface area contributed by atoms with E-state index >= 15 is 0 Å². The Balaban J connectivity index is 1.74. The number of nitrogens with zero attached hydrogens (tertiary/aromatic N) is 4. The number of amides is 2. The van der Waals surface area contributed by atoms with Crippen molar-refractivity contribution in [3.8, 4) is 0 Å². The van der Waals surface area contributed by atoms with Gasteiger partial charge >= 0.3 is 0 Å². The van der Waals surface area contributed by atoms with Crippen LogP contribution in [0.15, 0.2) is 18.7 Å². The van der Waals surface area contributed by atoms with Gasteiger partial charge in [0.1, 0.15) is 6.33 Å². The van der Waals surface area contributed by atoms with Crippen LogP contribution in [0, 0.1) is 0 Å². The molecule has 1 aromatic rings. The molecule has 3 rings (SSSR count). The highest BCUT2D eigenvalue weighted by atomic mass is 16.2. The van der Waals surface area contributed by atoms with Crippen LogP contribution in [-0.2, 0) is 16.0 Å². The fraction of sp³-hybridized carbons (Fsp3) is 0.684. The van der Waals surface area contributed by atoms with E-state index in [1.54, 1.807) is 12.4 Å². The summed E-state index contributed by atoms with van der Waals surface area (Å²) in [5.74, 6) is 0.432. The summed E-state index contributed by atoms with van der Waals surface area (Å²) in [6.07, 6.45) is 10.6. The number of hydrogen-bond donors (Lipinski definition) is 0. The smallest absolute Gasteiger partial charge is 0.223 e. The Morgan fingerprint density at radius 1 is 1.28 bits per heavy atom. The average Bonchev–Trinajstić information content (AvgIpc) is 2.96. The Kier molecular flexibility index (Phi) is 5.35. The van der Waals surface area contributed by atoms with Crippen LogP contribution < -0.4 is 0 Å². The summed E-state index contributed by atoms with van der Waals surface area (Å²) in [5.41, 5.74) is 0.839. The Hall–Kier alpha value is -1.98. The summed E-state index contributed by atoms with van der Waals surface area (Å²) in [5, 5.41) is 0. The maximum atomic E-state index is 12.9. The maximum absolute atomic E-state index is 12.9. The van der Waals surface area contributed by atoms with E-state index in [4.69, 9.17) is 0 Å². The van der Waals surface area contributed by atoms with Gasteiger partial charge in [-0.1, -0.05) is 6.92 Å². The van der Waals surface area contributed by atoms with Crippen LogP contribution in [0.5, 0.6) is 0 Å². The van der Waals surface area contributed by atoms with E-state index in [0.29, 0.717) is 19.3 Å². The van der Waals surface area contributed by atoms with Gasteiger partial charge < -0.3 is 9.80 Å². The lowest BCUT2D eigenvalue weighted by molar-refractivity contribution is -0.146. The Bertz CT molecular complexity index is 621. The number of hydrogen-bond acceptors (Lipinski definition) is 4. The number of carbonyl (C=O) groups excluding carboxylic acids is 2. The molecule has 0 saturated carbocycles. The quantitative estimate of drug-likeness (QED) is 0.821. The third kappa shape index (κ3) is 3.26. The zero-order valence-electron chi connectivity index (χ0n) is 15.3. The lowest BCUT2D eigenvalue weighted by Crippen LogP contribution is -2.64. The monoisotopic (exact) mass is 344 g/mol. The fourth-order valence-electron chi connectivity index (χ4n) is 4.86. The molecular weight excluding hydrogens is 316 g/mol. The van der Waals surface area contributed by atoms with Crippen molar-refractivity contribution in [1.82, 2.24) is 19.8 Å². The molecule has 2 saturated heterocycles. The largest absolute Gasteiger partial charge is 0.337 e. The number of carbonyl (C=O) groups is 2. The van der Waals surface area contributed by atoms with E-state index < -0.39 is 0 Å². The molecule has 0 aromatic carbocycles. The van der Waals surface area contributed by atoms with Crippen molar-refractivity contribution in [3.05, 3.63) is 24.3 Å². The predicted molar refractivity (Wildman–Crippen MR) is 94.7 cm³/mol. The molecule has 0 bridgehead atoms. The summed E-state index contributed by atoms with van der Waals surface area (Å²) in [4.78, 5) is 37.4. The van der Waals surface area contributed by atoms with Crippen molar-refractivity contribution in [2.75, 3.05) is 13.1 Å². The van der Waals surface area contributed by atoms with E-state index in [-0.39, 0.29) is 23.4 Å².